The topological polar surface area (TPSA) is 3.24 Å². The lowest BCUT2D eigenvalue weighted by atomic mass is 9.99. The molecule has 0 aliphatic heterocycles. The minimum absolute atomic E-state index is 0.860. The van der Waals surface area contributed by atoms with E-state index in [0.717, 1.165) is 11.8 Å². The van der Waals surface area contributed by atoms with Crippen LogP contribution in [0.4, 0.5) is 0 Å². The Hall–Kier alpha value is -0.0400. The van der Waals surface area contributed by atoms with E-state index in [1.54, 1.807) is 0 Å². The Morgan fingerprint density at radius 2 is 1.58 bits per heavy atom. The molecule has 1 unspecified atom stereocenters. The standard InChI is InChI=1S/C11H25N/c1-10(2)7-6-8-11(3)9-12(4)5/h10-11H,6-9H2,1-5H3. The zero-order valence-electron chi connectivity index (χ0n) is 9.43. The van der Waals surface area contributed by atoms with Crippen molar-refractivity contribution in [2.45, 2.75) is 40.0 Å². The Labute approximate surface area is 78.1 Å². The third-order valence-electron chi connectivity index (χ3n) is 2.16. The molecule has 12 heavy (non-hydrogen) atoms. The van der Waals surface area contributed by atoms with Crippen LogP contribution in [0.25, 0.3) is 0 Å². The first-order chi connectivity index (χ1) is 5.52. The Kier molecular flexibility index (Phi) is 6.45. The molecular formula is C11H25N. The maximum absolute atomic E-state index is 2.35. The lowest BCUT2D eigenvalue weighted by molar-refractivity contribution is 0.318. The van der Waals surface area contributed by atoms with E-state index in [2.05, 4.69) is 39.8 Å². The Morgan fingerprint density at radius 1 is 1.00 bits per heavy atom. The summed E-state index contributed by atoms with van der Waals surface area (Å²) in [7, 11) is 4.30. The van der Waals surface area contributed by atoms with E-state index >= 15 is 0 Å². The van der Waals surface area contributed by atoms with E-state index in [1.807, 2.05) is 0 Å². The van der Waals surface area contributed by atoms with E-state index in [9.17, 15) is 0 Å². The molecule has 0 aromatic carbocycles. The quantitative estimate of drug-likeness (QED) is 0.594. The van der Waals surface area contributed by atoms with Crippen LogP contribution < -0.4 is 0 Å². The fourth-order valence-electron chi connectivity index (χ4n) is 1.59. The molecule has 0 N–H and O–H groups in total. The molecule has 0 spiro atoms. The predicted molar refractivity (Wildman–Crippen MR) is 56.4 cm³/mol. The maximum Gasteiger partial charge on any atom is 0.0000920 e. The van der Waals surface area contributed by atoms with Gasteiger partial charge in [0.05, 0.1) is 0 Å². The van der Waals surface area contributed by atoms with Crippen molar-refractivity contribution in [1.82, 2.24) is 4.90 Å². The fraction of sp³-hybridized carbons (Fsp3) is 1.00. The van der Waals surface area contributed by atoms with E-state index in [4.69, 9.17) is 0 Å². The zero-order valence-corrected chi connectivity index (χ0v) is 9.43. The van der Waals surface area contributed by atoms with Crippen LogP contribution in [0, 0.1) is 11.8 Å². The lowest BCUT2D eigenvalue weighted by Gasteiger charge is -2.16. The summed E-state index contributed by atoms with van der Waals surface area (Å²) in [6.45, 7) is 8.19. The molecule has 0 aromatic heterocycles. The predicted octanol–water partition coefficient (Wildman–Crippen LogP) is 3.01. The monoisotopic (exact) mass is 171 g/mol. The molecule has 0 bridgehead atoms. The molecule has 0 heterocycles. The third-order valence-corrected chi connectivity index (χ3v) is 2.16. The molecule has 1 nitrogen and oxygen atoms in total. The normalized spacial score (nSPS) is 14.2. The fourth-order valence-corrected chi connectivity index (χ4v) is 1.59. The second-order valence-corrected chi connectivity index (χ2v) is 4.69. The second-order valence-electron chi connectivity index (χ2n) is 4.69. The van der Waals surface area contributed by atoms with Crippen molar-refractivity contribution in [3.05, 3.63) is 0 Å². The van der Waals surface area contributed by atoms with E-state index < -0.39 is 0 Å². The van der Waals surface area contributed by atoms with Crippen molar-refractivity contribution < 1.29 is 0 Å². The molecule has 0 fully saturated rings. The van der Waals surface area contributed by atoms with Gasteiger partial charge in [0.15, 0.2) is 0 Å². The van der Waals surface area contributed by atoms with Gasteiger partial charge in [-0.1, -0.05) is 33.6 Å². The Balaban J connectivity index is 3.25. The van der Waals surface area contributed by atoms with Crippen LogP contribution >= 0.6 is 0 Å². The van der Waals surface area contributed by atoms with Gasteiger partial charge >= 0.3 is 0 Å². The van der Waals surface area contributed by atoms with Crippen LogP contribution in [0.1, 0.15) is 40.0 Å². The summed E-state index contributed by atoms with van der Waals surface area (Å²) < 4.78 is 0. The minimum Gasteiger partial charge on any atom is -0.309 e. The van der Waals surface area contributed by atoms with Gasteiger partial charge in [0, 0.05) is 6.54 Å². The maximum atomic E-state index is 2.35. The molecule has 0 aliphatic rings. The van der Waals surface area contributed by atoms with Crippen LogP contribution in [0.15, 0.2) is 0 Å². The van der Waals surface area contributed by atoms with Gasteiger partial charge in [0.25, 0.3) is 0 Å². The molecule has 0 rings (SSSR count). The number of nitrogens with zero attached hydrogens (tertiary/aromatic N) is 1. The van der Waals surface area contributed by atoms with Crippen molar-refractivity contribution >= 4 is 0 Å². The summed E-state index contributed by atoms with van der Waals surface area (Å²) in [5.41, 5.74) is 0. The average Bonchev–Trinajstić information content (AvgIpc) is 1.84. The highest BCUT2D eigenvalue weighted by Crippen LogP contribution is 2.12. The van der Waals surface area contributed by atoms with Crippen LogP contribution in [0.3, 0.4) is 0 Å². The highest BCUT2D eigenvalue weighted by molar-refractivity contribution is 4.57. The molecule has 1 atom stereocenters. The SMILES string of the molecule is CC(C)CCCC(C)CN(C)C. The summed E-state index contributed by atoms with van der Waals surface area (Å²) in [6, 6.07) is 0. The summed E-state index contributed by atoms with van der Waals surface area (Å²) >= 11 is 0. The van der Waals surface area contributed by atoms with Crippen molar-refractivity contribution in [3.63, 3.8) is 0 Å². The molecule has 0 radical (unpaired) electrons. The van der Waals surface area contributed by atoms with Gasteiger partial charge < -0.3 is 4.90 Å². The van der Waals surface area contributed by atoms with E-state index in [1.165, 1.54) is 25.8 Å². The van der Waals surface area contributed by atoms with Gasteiger partial charge in [0.2, 0.25) is 0 Å². The number of rotatable bonds is 6. The summed E-state index contributed by atoms with van der Waals surface area (Å²) in [5.74, 6) is 1.73. The van der Waals surface area contributed by atoms with Gasteiger partial charge in [-0.3, -0.25) is 0 Å². The number of hydrogen-bond donors (Lipinski definition) is 0. The largest absolute Gasteiger partial charge is 0.309 e. The summed E-state index contributed by atoms with van der Waals surface area (Å²) in [4.78, 5) is 2.28. The van der Waals surface area contributed by atoms with Crippen LogP contribution in [-0.4, -0.2) is 25.5 Å². The highest BCUT2D eigenvalue weighted by atomic mass is 15.1. The van der Waals surface area contributed by atoms with Crippen molar-refractivity contribution in [2.24, 2.45) is 11.8 Å². The van der Waals surface area contributed by atoms with E-state index in [-0.39, 0.29) is 0 Å². The van der Waals surface area contributed by atoms with Gasteiger partial charge in [-0.2, -0.15) is 0 Å². The van der Waals surface area contributed by atoms with Crippen LogP contribution in [0.5, 0.6) is 0 Å². The van der Waals surface area contributed by atoms with Gasteiger partial charge in [-0.25, -0.2) is 0 Å². The molecule has 0 amide bonds. The molecule has 1 heteroatoms. The third kappa shape index (κ3) is 8.06. The van der Waals surface area contributed by atoms with E-state index in [0.29, 0.717) is 0 Å². The average molecular weight is 171 g/mol. The molecule has 74 valence electrons. The molecule has 0 aromatic rings. The molecule has 0 aliphatic carbocycles. The minimum atomic E-state index is 0.860. The molecule has 0 saturated carbocycles. The second kappa shape index (κ2) is 6.47. The lowest BCUT2D eigenvalue weighted by Crippen LogP contribution is -2.19. The van der Waals surface area contributed by atoms with Gasteiger partial charge in [-0.15, -0.1) is 0 Å². The molecule has 0 saturated heterocycles. The summed E-state index contributed by atoms with van der Waals surface area (Å²) in [6.07, 6.45) is 4.17. The zero-order chi connectivity index (χ0) is 9.56. The van der Waals surface area contributed by atoms with Crippen molar-refractivity contribution in [2.75, 3.05) is 20.6 Å². The Morgan fingerprint density at radius 3 is 2.00 bits per heavy atom. The Bertz CT molecular complexity index is 97.2. The first kappa shape index (κ1) is 12.0. The van der Waals surface area contributed by atoms with Gasteiger partial charge in [-0.05, 0) is 32.4 Å². The van der Waals surface area contributed by atoms with Crippen molar-refractivity contribution in [1.29, 1.82) is 0 Å². The first-order valence-electron chi connectivity index (χ1n) is 5.17. The van der Waals surface area contributed by atoms with Crippen molar-refractivity contribution in [3.8, 4) is 0 Å². The molecular weight excluding hydrogens is 146 g/mol. The van der Waals surface area contributed by atoms with Crippen LogP contribution in [-0.2, 0) is 0 Å². The highest BCUT2D eigenvalue weighted by Gasteiger charge is 2.03. The number of hydrogen-bond acceptors (Lipinski definition) is 1. The summed E-state index contributed by atoms with van der Waals surface area (Å²) in [5, 5.41) is 0. The smallest absolute Gasteiger partial charge is 0.0000920 e. The first-order valence-corrected chi connectivity index (χ1v) is 5.17. The van der Waals surface area contributed by atoms with Crippen LogP contribution in [0.2, 0.25) is 0 Å². The van der Waals surface area contributed by atoms with Gasteiger partial charge in [0.1, 0.15) is 0 Å².